The lowest BCUT2D eigenvalue weighted by Gasteiger charge is -2.07. The summed E-state index contributed by atoms with van der Waals surface area (Å²) in [5.41, 5.74) is 1.82. The number of hydrogen-bond donors (Lipinski definition) is 1. The first kappa shape index (κ1) is 17.4. The Morgan fingerprint density at radius 2 is 1.88 bits per heavy atom. The first-order valence-corrected chi connectivity index (χ1v) is 7.56. The third-order valence-corrected chi connectivity index (χ3v) is 3.31. The summed E-state index contributed by atoms with van der Waals surface area (Å²) < 4.78 is 15.6. The van der Waals surface area contributed by atoms with Crippen LogP contribution >= 0.6 is 0 Å². The van der Waals surface area contributed by atoms with Gasteiger partial charge in [0.15, 0.2) is 0 Å². The van der Waals surface area contributed by atoms with Crippen LogP contribution in [0.25, 0.3) is 6.08 Å². The van der Waals surface area contributed by atoms with E-state index in [1.807, 2.05) is 60.7 Å². The van der Waals surface area contributed by atoms with Crippen LogP contribution in [0.15, 0.2) is 54.6 Å². The topological polar surface area (TPSA) is 56.8 Å². The van der Waals surface area contributed by atoms with E-state index in [-0.39, 0.29) is 6.61 Å². The molecule has 0 spiro atoms. The average molecular weight is 327 g/mol. The van der Waals surface area contributed by atoms with E-state index >= 15 is 0 Å². The summed E-state index contributed by atoms with van der Waals surface area (Å²) in [6.07, 6.45) is 3.22. The number of carbonyl (C=O) groups is 1. The van der Waals surface area contributed by atoms with E-state index in [1.165, 1.54) is 0 Å². The van der Waals surface area contributed by atoms with E-state index in [1.54, 1.807) is 14.2 Å². The predicted octanol–water partition coefficient (Wildman–Crippen LogP) is 3.64. The maximum atomic E-state index is 11.6. The molecule has 0 aliphatic heterocycles. The summed E-state index contributed by atoms with van der Waals surface area (Å²) in [5, 5.41) is 2.67. The van der Waals surface area contributed by atoms with Gasteiger partial charge in [-0.15, -0.1) is 0 Å². The van der Waals surface area contributed by atoms with Crippen molar-refractivity contribution >= 4 is 12.2 Å². The zero-order chi connectivity index (χ0) is 17.2. The molecule has 0 atom stereocenters. The summed E-state index contributed by atoms with van der Waals surface area (Å²) in [6.45, 7) is 0.605. The molecule has 24 heavy (non-hydrogen) atoms. The van der Waals surface area contributed by atoms with Gasteiger partial charge in [-0.3, -0.25) is 0 Å². The van der Waals surface area contributed by atoms with Crippen molar-refractivity contribution in [1.29, 1.82) is 0 Å². The molecule has 0 saturated carbocycles. The smallest absolute Gasteiger partial charge is 0.407 e. The highest BCUT2D eigenvalue weighted by Gasteiger charge is 2.03. The molecule has 0 aliphatic carbocycles. The highest BCUT2D eigenvalue weighted by molar-refractivity contribution is 5.68. The van der Waals surface area contributed by atoms with Gasteiger partial charge in [-0.2, -0.15) is 0 Å². The molecule has 2 rings (SSSR count). The van der Waals surface area contributed by atoms with Gasteiger partial charge in [0.2, 0.25) is 0 Å². The number of methoxy groups -OCH3 is 2. The maximum Gasteiger partial charge on any atom is 0.407 e. The van der Waals surface area contributed by atoms with Gasteiger partial charge in [-0.25, -0.2) is 4.79 Å². The van der Waals surface area contributed by atoms with Gasteiger partial charge in [0.1, 0.15) is 18.1 Å². The highest BCUT2D eigenvalue weighted by atomic mass is 16.5. The number of amides is 1. The van der Waals surface area contributed by atoms with E-state index in [4.69, 9.17) is 14.2 Å². The Hall–Kier alpha value is -2.95. The van der Waals surface area contributed by atoms with Crippen LogP contribution in [0.5, 0.6) is 11.5 Å². The van der Waals surface area contributed by atoms with Gasteiger partial charge in [0, 0.05) is 12.1 Å². The third kappa shape index (κ3) is 5.35. The van der Waals surface area contributed by atoms with E-state index < -0.39 is 6.09 Å². The molecule has 0 aromatic heterocycles. The Morgan fingerprint density at radius 1 is 1.08 bits per heavy atom. The van der Waals surface area contributed by atoms with Crippen molar-refractivity contribution in [2.24, 2.45) is 0 Å². The molecule has 0 bridgehead atoms. The second-order valence-electron chi connectivity index (χ2n) is 4.95. The lowest BCUT2D eigenvalue weighted by atomic mass is 10.1. The quantitative estimate of drug-likeness (QED) is 0.843. The molecule has 0 unspecified atom stereocenters. The normalized spacial score (nSPS) is 10.4. The van der Waals surface area contributed by atoms with Gasteiger partial charge in [0.05, 0.1) is 14.2 Å². The summed E-state index contributed by atoms with van der Waals surface area (Å²) in [4.78, 5) is 11.6. The molecule has 2 aromatic carbocycles. The van der Waals surface area contributed by atoms with Gasteiger partial charge >= 0.3 is 6.09 Å². The number of carbonyl (C=O) groups excluding carboxylic acids is 1. The number of hydrogen-bond acceptors (Lipinski definition) is 4. The molecule has 0 fully saturated rings. The molecule has 5 nitrogen and oxygen atoms in total. The van der Waals surface area contributed by atoms with Crippen LogP contribution in [0.3, 0.4) is 0 Å². The molecule has 0 aliphatic rings. The Morgan fingerprint density at radius 3 is 2.58 bits per heavy atom. The largest absolute Gasteiger partial charge is 0.497 e. The molecule has 1 amide bonds. The average Bonchev–Trinajstić information content (AvgIpc) is 2.64. The van der Waals surface area contributed by atoms with E-state index in [9.17, 15) is 4.79 Å². The van der Waals surface area contributed by atoms with Crippen molar-refractivity contribution in [1.82, 2.24) is 5.32 Å². The van der Waals surface area contributed by atoms with Crippen molar-refractivity contribution < 1.29 is 19.0 Å². The van der Waals surface area contributed by atoms with Crippen molar-refractivity contribution in [2.45, 2.75) is 6.61 Å². The van der Waals surface area contributed by atoms with E-state index in [0.29, 0.717) is 6.54 Å². The highest BCUT2D eigenvalue weighted by Crippen LogP contribution is 2.24. The molecule has 5 heteroatoms. The number of ether oxygens (including phenoxy) is 3. The molecular formula is C19H21NO4. The molecule has 1 N–H and O–H groups in total. The zero-order valence-corrected chi connectivity index (χ0v) is 13.8. The van der Waals surface area contributed by atoms with Crippen LogP contribution in [-0.4, -0.2) is 26.9 Å². The maximum absolute atomic E-state index is 11.6. The minimum atomic E-state index is -0.457. The van der Waals surface area contributed by atoms with Crippen LogP contribution in [-0.2, 0) is 11.3 Å². The Balaban J connectivity index is 1.80. The van der Waals surface area contributed by atoms with Crippen molar-refractivity contribution in [3.63, 3.8) is 0 Å². The van der Waals surface area contributed by atoms with E-state index in [0.717, 1.165) is 22.6 Å². The minimum absolute atomic E-state index is 0.250. The summed E-state index contributed by atoms with van der Waals surface area (Å²) >= 11 is 0. The van der Waals surface area contributed by atoms with Crippen LogP contribution in [0, 0.1) is 0 Å². The fraction of sp³-hybridized carbons (Fsp3) is 0.211. The number of benzene rings is 2. The van der Waals surface area contributed by atoms with Crippen molar-refractivity contribution in [3.05, 3.63) is 65.7 Å². The second kappa shape index (κ2) is 9.25. The Bertz CT molecular complexity index is 683. The SMILES string of the molecule is COc1ccc(OC)c(C=CCNC(=O)OCc2ccccc2)c1. The lowest BCUT2D eigenvalue weighted by molar-refractivity contribution is 0.141. The molecule has 126 valence electrons. The van der Waals surface area contributed by atoms with Gasteiger partial charge in [0.25, 0.3) is 0 Å². The van der Waals surface area contributed by atoms with Crippen LogP contribution < -0.4 is 14.8 Å². The summed E-state index contributed by atoms with van der Waals surface area (Å²) in [6, 6.07) is 15.1. The molecule has 2 aromatic rings. The number of rotatable bonds is 7. The molecular weight excluding hydrogens is 306 g/mol. The Labute approximate surface area is 141 Å². The number of nitrogens with one attached hydrogen (secondary N) is 1. The first-order chi connectivity index (χ1) is 11.7. The lowest BCUT2D eigenvalue weighted by Crippen LogP contribution is -2.24. The predicted molar refractivity (Wildman–Crippen MR) is 93.2 cm³/mol. The minimum Gasteiger partial charge on any atom is -0.497 e. The molecule has 0 saturated heterocycles. The second-order valence-corrected chi connectivity index (χ2v) is 4.95. The van der Waals surface area contributed by atoms with Crippen molar-refractivity contribution in [3.8, 4) is 11.5 Å². The Kier molecular flexibility index (Phi) is 6.71. The van der Waals surface area contributed by atoms with Gasteiger partial charge in [-0.05, 0) is 23.8 Å². The number of alkyl carbamates (subject to hydrolysis) is 1. The van der Waals surface area contributed by atoms with Crippen LogP contribution in [0.2, 0.25) is 0 Å². The van der Waals surface area contributed by atoms with Gasteiger partial charge < -0.3 is 19.5 Å². The fourth-order valence-corrected chi connectivity index (χ4v) is 2.07. The van der Waals surface area contributed by atoms with Gasteiger partial charge in [-0.1, -0.05) is 42.5 Å². The van der Waals surface area contributed by atoms with Crippen LogP contribution in [0.4, 0.5) is 4.79 Å². The molecule has 0 radical (unpaired) electrons. The first-order valence-electron chi connectivity index (χ1n) is 7.56. The fourth-order valence-electron chi connectivity index (χ4n) is 2.07. The zero-order valence-electron chi connectivity index (χ0n) is 13.8. The van der Waals surface area contributed by atoms with E-state index in [2.05, 4.69) is 5.32 Å². The van der Waals surface area contributed by atoms with Crippen LogP contribution in [0.1, 0.15) is 11.1 Å². The summed E-state index contributed by atoms with van der Waals surface area (Å²) in [5.74, 6) is 1.48. The monoisotopic (exact) mass is 327 g/mol. The standard InChI is InChI=1S/C19H21NO4/c1-22-17-10-11-18(23-2)16(13-17)9-6-12-20-19(21)24-14-15-7-4-3-5-8-15/h3-11,13H,12,14H2,1-2H3,(H,20,21). The van der Waals surface area contributed by atoms with Crippen molar-refractivity contribution in [2.75, 3.05) is 20.8 Å². The summed E-state index contributed by atoms with van der Waals surface area (Å²) in [7, 11) is 3.22. The third-order valence-electron chi connectivity index (χ3n) is 3.31. The molecule has 0 heterocycles.